The molecular formula is C12H13NO3S. The Kier molecular flexibility index (Phi) is 3.58. The molecule has 0 bridgehead atoms. The first-order valence-electron chi connectivity index (χ1n) is 5.32. The maximum absolute atomic E-state index is 11.3. The number of nitrogens with zero attached hydrogens (tertiary/aromatic N) is 1. The number of esters is 1. The van der Waals surface area contributed by atoms with Crippen LogP contribution >= 0.6 is 11.3 Å². The van der Waals surface area contributed by atoms with Gasteiger partial charge in [-0.25, -0.2) is 4.98 Å². The quantitative estimate of drug-likeness (QED) is 0.783. The summed E-state index contributed by atoms with van der Waals surface area (Å²) in [6, 6.07) is 3.86. The molecule has 0 unspecified atom stereocenters. The lowest BCUT2D eigenvalue weighted by atomic mass is 10.2. The van der Waals surface area contributed by atoms with E-state index in [4.69, 9.17) is 9.15 Å². The Balaban J connectivity index is 1.97. The summed E-state index contributed by atoms with van der Waals surface area (Å²) in [5, 5.41) is 1.96. The molecule has 0 fully saturated rings. The third-order valence-electron chi connectivity index (χ3n) is 2.11. The smallest absolute Gasteiger partial charge is 0.308 e. The molecule has 2 rings (SSSR count). The van der Waals surface area contributed by atoms with Crippen LogP contribution in [0.3, 0.4) is 0 Å². The molecule has 0 aliphatic rings. The van der Waals surface area contributed by atoms with Gasteiger partial charge >= 0.3 is 5.97 Å². The number of hydrogen-bond acceptors (Lipinski definition) is 5. The van der Waals surface area contributed by atoms with Crippen molar-refractivity contribution in [1.29, 1.82) is 0 Å². The van der Waals surface area contributed by atoms with Gasteiger partial charge in [0.25, 0.3) is 0 Å². The molecule has 0 aliphatic heterocycles. The Labute approximate surface area is 103 Å². The molecule has 0 N–H and O–H groups in total. The molecule has 0 atom stereocenters. The van der Waals surface area contributed by atoms with E-state index in [1.807, 2.05) is 17.5 Å². The molecular weight excluding hydrogens is 238 g/mol. The zero-order valence-corrected chi connectivity index (χ0v) is 10.5. The Morgan fingerprint density at radius 1 is 1.59 bits per heavy atom. The maximum Gasteiger partial charge on any atom is 0.308 e. The standard InChI is InChI=1S/C12H13NO3S/c1-8(2)12(14)15-7-9-6-13-11(16-9)10-4-3-5-17-10/h3-6,8H,7H2,1-2H3. The van der Waals surface area contributed by atoms with E-state index in [-0.39, 0.29) is 18.5 Å². The lowest BCUT2D eigenvalue weighted by molar-refractivity contribution is -0.149. The molecule has 0 aromatic carbocycles. The van der Waals surface area contributed by atoms with Gasteiger partial charge in [0.2, 0.25) is 5.89 Å². The van der Waals surface area contributed by atoms with Crippen LogP contribution in [0.25, 0.3) is 10.8 Å². The van der Waals surface area contributed by atoms with E-state index < -0.39 is 0 Å². The van der Waals surface area contributed by atoms with Gasteiger partial charge in [0.05, 0.1) is 17.0 Å². The van der Waals surface area contributed by atoms with Crippen LogP contribution in [0.2, 0.25) is 0 Å². The molecule has 0 amide bonds. The predicted octanol–water partition coefficient (Wildman–Crippen LogP) is 3.10. The number of aromatic nitrogens is 1. The second kappa shape index (κ2) is 5.14. The SMILES string of the molecule is CC(C)C(=O)OCc1cnc(-c2cccs2)o1. The Morgan fingerprint density at radius 3 is 3.06 bits per heavy atom. The van der Waals surface area contributed by atoms with E-state index in [9.17, 15) is 4.79 Å². The molecule has 90 valence electrons. The van der Waals surface area contributed by atoms with Crippen molar-refractivity contribution in [1.82, 2.24) is 4.98 Å². The van der Waals surface area contributed by atoms with E-state index in [1.165, 1.54) is 0 Å². The lowest BCUT2D eigenvalue weighted by Crippen LogP contribution is -2.10. The monoisotopic (exact) mass is 251 g/mol. The van der Waals surface area contributed by atoms with Gasteiger partial charge in [0, 0.05) is 0 Å². The van der Waals surface area contributed by atoms with Crippen LogP contribution in [0.5, 0.6) is 0 Å². The van der Waals surface area contributed by atoms with Crippen molar-refractivity contribution in [3.63, 3.8) is 0 Å². The highest BCUT2D eigenvalue weighted by Gasteiger charge is 2.11. The molecule has 0 radical (unpaired) electrons. The molecule has 0 saturated carbocycles. The summed E-state index contributed by atoms with van der Waals surface area (Å²) in [6.45, 7) is 3.72. The highest BCUT2D eigenvalue weighted by atomic mass is 32.1. The molecule has 17 heavy (non-hydrogen) atoms. The highest BCUT2D eigenvalue weighted by Crippen LogP contribution is 2.24. The fraction of sp³-hybridized carbons (Fsp3) is 0.333. The second-order valence-electron chi connectivity index (χ2n) is 3.87. The van der Waals surface area contributed by atoms with Crippen LogP contribution in [0.1, 0.15) is 19.6 Å². The summed E-state index contributed by atoms with van der Waals surface area (Å²) in [6.07, 6.45) is 1.59. The molecule has 0 spiro atoms. The van der Waals surface area contributed by atoms with Crippen molar-refractivity contribution in [2.45, 2.75) is 20.5 Å². The number of rotatable bonds is 4. The van der Waals surface area contributed by atoms with Crippen molar-refractivity contribution in [2.75, 3.05) is 0 Å². The zero-order valence-electron chi connectivity index (χ0n) is 9.67. The van der Waals surface area contributed by atoms with E-state index in [2.05, 4.69) is 4.98 Å². The van der Waals surface area contributed by atoms with Gasteiger partial charge < -0.3 is 9.15 Å². The first kappa shape index (κ1) is 11.9. The fourth-order valence-corrected chi connectivity index (χ4v) is 1.85. The third kappa shape index (κ3) is 2.94. The number of thiophene rings is 1. The predicted molar refractivity (Wildman–Crippen MR) is 64.5 cm³/mol. The zero-order chi connectivity index (χ0) is 12.3. The number of carbonyl (C=O) groups is 1. The topological polar surface area (TPSA) is 52.3 Å². The summed E-state index contributed by atoms with van der Waals surface area (Å²) >= 11 is 1.55. The van der Waals surface area contributed by atoms with Gasteiger partial charge in [-0.3, -0.25) is 4.79 Å². The number of hydrogen-bond donors (Lipinski definition) is 0. The summed E-state index contributed by atoms with van der Waals surface area (Å²) in [5.74, 6) is 0.756. The van der Waals surface area contributed by atoms with Crippen molar-refractivity contribution in [3.8, 4) is 10.8 Å². The van der Waals surface area contributed by atoms with Crippen molar-refractivity contribution >= 4 is 17.3 Å². The first-order valence-corrected chi connectivity index (χ1v) is 6.20. The van der Waals surface area contributed by atoms with E-state index in [0.29, 0.717) is 11.7 Å². The number of carbonyl (C=O) groups excluding carboxylic acids is 1. The van der Waals surface area contributed by atoms with Crippen LogP contribution in [0, 0.1) is 5.92 Å². The van der Waals surface area contributed by atoms with Crippen LogP contribution in [0.4, 0.5) is 0 Å². The summed E-state index contributed by atoms with van der Waals surface area (Å²) in [4.78, 5) is 16.4. The average molecular weight is 251 g/mol. The molecule has 2 aromatic heterocycles. The second-order valence-corrected chi connectivity index (χ2v) is 4.82. The van der Waals surface area contributed by atoms with E-state index in [1.54, 1.807) is 31.4 Å². The Bertz CT molecular complexity index is 488. The number of ether oxygens (including phenoxy) is 1. The van der Waals surface area contributed by atoms with E-state index in [0.717, 1.165) is 4.88 Å². The number of oxazole rings is 1. The van der Waals surface area contributed by atoms with Crippen LogP contribution in [0.15, 0.2) is 28.1 Å². The Hall–Kier alpha value is -1.62. The van der Waals surface area contributed by atoms with Crippen LogP contribution in [-0.4, -0.2) is 11.0 Å². The van der Waals surface area contributed by atoms with Gasteiger partial charge in [-0.15, -0.1) is 11.3 Å². The van der Waals surface area contributed by atoms with Crippen molar-refractivity contribution in [3.05, 3.63) is 29.5 Å². The highest BCUT2D eigenvalue weighted by molar-refractivity contribution is 7.13. The normalized spacial score (nSPS) is 10.8. The van der Waals surface area contributed by atoms with Gasteiger partial charge in [0.1, 0.15) is 0 Å². The Morgan fingerprint density at radius 2 is 2.41 bits per heavy atom. The fourth-order valence-electron chi connectivity index (χ4n) is 1.20. The van der Waals surface area contributed by atoms with Gasteiger partial charge in [-0.2, -0.15) is 0 Å². The third-order valence-corrected chi connectivity index (χ3v) is 2.97. The van der Waals surface area contributed by atoms with Crippen LogP contribution < -0.4 is 0 Å². The van der Waals surface area contributed by atoms with Crippen molar-refractivity contribution in [2.24, 2.45) is 5.92 Å². The lowest BCUT2D eigenvalue weighted by Gasteiger charge is -2.04. The first-order chi connectivity index (χ1) is 8.16. The van der Waals surface area contributed by atoms with Crippen molar-refractivity contribution < 1.29 is 13.9 Å². The van der Waals surface area contributed by atoms with Gasteiger partial charge in [0.15, 0.2) is 12.4 Å². The largest absolute Gasteiger partial charge is 0.457 e. The molecule has 2 aromatic rings. The summed E-state index contributed by atoms with van der Waals surface area (Å²) < 4.78 is 10.5. The van der Waals surface area contributed by atoms with Crippen LogP contribution in [-0.2, 0) is 16.1 Å². The molecule has 0 saturated heterocycles. The molecule has 0 aliphatic carbocycles. The summed E-state index contributed by atoms with van der Waals surface area (Å²) in [7, 11) is 0. The van der Waals surface area contributed by atoms with E-state index >= 15 is 0 Å². The maximum atomic E-state index is 11.3. The van der Waals surface area contributed by atoms with Gasteiger partial charge in [-0.1, -0.05) is 19.9 Å². The molecule has 5 heteroatoms. The van der Waals surface area contributed by atoms with Gasteiger partial charge in [-0.05, 0) is 11.4 Å². The minimum atomic E-state index is -0.237. The minimum absolute atomic E-state index is 0.130. The average Bonchev–Trinajstić information content (AvgIpc) is 2.95. The molecule has 2 heterocycles. The minimum Gasteiger partial charge on any atom is -0.457 e. The summed E-state index contributed by atoms with van der Waals surface area (Å²) in [5.41, 5.74) is 0. The molecule has 4 nitrogen and oxygen atoms in total.